The Labute approximate surface area is 128 Å². The van der Waals surface area contributed by atoms with Gasteiger partial charge in [0.1, 0.15) is 6.10 Å². The lowest BCUT2D eigenvalue weighted by Gasteiger charge is -2.26. The van der Waals surface area contributed by atoms with Gasteiger partial charge in [0.05, 0.1) is 24.3 Å². The topological polar surface area (TPSA) is 79.2 Å². The molecule has 1 aliphatic rings. The summed E-state index contributed by atoms with van der Waals surface area (Å²) in [6.07, 6.45) is -1.18. The van der Waals surface area contributed by atoms with Crippen LogP contribution >= 0.6 is 12.0 Å². The van der Waals surface area contributed by atoms with Crippen molar-refractivity contribution in [1.82, 2.24) is 0 Å². The van der Waals surface area contributed by atoms with Crippen LogP contribution in [0.15, 0.2) is 41.3 Å². The van der Waals surface area contributed by atoms with E-state index in [9.17, 15) is 15.3 Å². The fraction of sp³-hybridized carbons (Fsp3) is 0.467. The average Bonchev–Trinajstić information content (AvgIpc) is 2.57. The van der Waals surface area contributed by atoms with Gasteiger partial charge < -0.3 is 20.2 Å². The van der Waals surface area contributed by atoms with Crippen molar-refractivity contribution < 1.29 is 24.5 Å². The number of aliphatic hydroxyl groups excluding tert-OH is 3. The van der Waals surface area contributed by atoms with E-state index in [1.165, 1.54) is 0 Å². The number of benzene rings is 1. The molecule has 5 nitrogen and oxygen atoms in total. The van der Waals surface area contributed by atoms with E-state index in [1.807, 2.05) is 25.1 Å². The second-order valence-electron chi connectivity index (χ2n) is 5.26. The van der Waals surface area contributed by atoms with Gasteiger partial charge in [0.15, 0.2) is 5.75 Å². The quantitative estimate of drug-likeness (QED) is 0.448. The Kier molecular flexibility index (Phi) is 5.66. The lowest BCUT2D eigenvalue weighted by Crippen LogP contribution is -2.38. The molecular weight excluding hydrogens is 292 g/mol. The third-order valence-electron chi connectivity index (χ3n) is 3.66. The normalized spacial score (nSPS) is 33.2. The molecule has 5 atom stereocenters. The van der Waals surface area contributed by atoms with Crippen molar-refractivity contribution in [3.05, 3.63) is 41.3 Å². The van der Waals surface area contributed by atoms with Crippen LogP contribution in [0, 0.1) is 11.8 Å². The molecule has 6 heteroatoms. The van der Waals surface area contributed by atoms with Crippen molar-refractivity contribution in [2.24, 2.45) is 11.8 Å². The molecule has 0 saturated carbocycles. The molecule has 0 radical (unpaired) electrons. The van der Waals surface area contributed by atoms with Gasteiger partial charge in [-0.15, -0.1) is 4.33 Å². The smallest absolute Gasteiger partial charge is 0.166 e. The van der Waals surface area contributed by atoms with Crippen molar-refractivity contribution in [2.45, 2.75) is 32.2 Å². The minimum absolute atomic E-state index is 0.199. The first kappa shape index (κ1) is 16.3. The second-order valence-corrected chi connectivity index (χ2v) is 6.04. The SMILES string of the molecule is C[C@H]1[C@H](O)[C@H](O)C(SOOc2ccccc2)=C[C@H](C)[C@H]1O. The summed E-state index contributed by atoms with van der Waals surface area (Å²) in [4.78, 5) is 5.51. The molecule has 21 heavy (non-hydrogen) atoms. The standard InChI is InChI=1S/C15H20O5S/c1-9-8-12(15(18)14(17)10(2)13(9)16)21-20-19-11-6-4-3-5-7-11/h3-10,13-18H,1-2H3/t9-,10+,13+,14-,15+/m0/s1. The van der Waals surface area contributed by atoms with E-state index in [4.69, 9.17) is 9.22 Å². The summed E-state index contributed by atoms with van der Waals surface area (Å²) in [6, 6.07) is 8.96. The van der Waals surface area contributed by atoms with Crippen molar-refractivity contribution in [3.63, 3.8) is 0 Å². The molecular formula is C15H20O5S. The van der Waals surface area contributed by atoms with Crippen LogP contribution in [0.2, 0.25) is 0 Å². The molecule has 0 saturated heterocycles. The largest absolute Gasteiger partial charge is 0.392 e. The second kappa shape index (κ2) is 7.29. The monoisotopic (exact) mass is 312 g/mol. The highest BCUT2D eigenvalue weighted by Crippen LogP contribution is 2.33. The van der Waals surface area contributed by atoms with E-state index in [-0.39, 0.29) is 5.92 Å². The predicted octanol–water partition coefficient (Wildman–Crippen LogP) is 1.90. The predicted molar refractivity (Wildman–Crippen MR) is 80.2 cm³/mol. The molecule has 0 bridgehead atoms. The van der Waals surface area contributed by atoms with Gasteiger partial charge in [0.25, 0.3) is 0 Å². The molecule has 2 rings (SSSR count). The third-order valence-corrected chi connectivity index (χ3v) is 4.37. The first-order valence-electron chi connectivity index (χ1n) is 6.83. The van der Waals surface area contributed by atoms with Gasteiger partial charge in [-0.3, -0.25) is 0 Å². The Morgan fingerprint density at radius 2 is 1.67 bits per heavy atom. The Bertz CT molecular complexity index is 478. The maximum Gasteiger partial charge on any atom is 0.166 e. The fourth-order valence-corrected chi connectivity index (χ4v) is 2.94. The highest BCUT2D eigenvalue weighted by Gasteiger charge is 2.36. The van der Waals surface area contributed by atoms with Crippen LogP contribution in [-0.2, 0) is 4.33 Å². The Balaban J connectivity index is 1.99. The zero-order chi connectivity index (χ0) is 15.4. The molecule has 0 aromatic heterocycles. The average molecular weight is 312 g/mol. The molecule has 3 N–H and O–H groups in total. The molecule has 0 aliphatic heterocycles. The highest BCUT2D eigenvalue weighted by molar-refractivity contribution is 7.98. The van der Waals surface area contributed by atoms with Gasteiger partial charge in [-0.05, 0) is 12.1 Å². The van der Waals surface area contributed by atoms with Gasteiger partial charge in [-0.1, -0.05) is 38.1 Å². The van der Waals surface area contributed by atoms with Crippen molar-refractivity contribution in [2.75, 3.05) is 0 Å². The zero-order valence-electron chi connectivity index (χ0n) is 11.9. The van der Waals surface area contributed by atoms with E-state index in [0.717, 1.165) is 12.0 Å². The number of rotatable bonds is 4. The number of hydrogen-bond acceptors (Lipinski definition) is 6. The van der Waals surface area contributed by atoms with Crippen LogP contribution in [-0.4, -0.2) is 33.6 Å². The van der Waals surface area contributed by atoms with Gasteiger partial charge in [0.2, 0.25) is 0 Å². The van der Waals surface area contributed by atoms with E-state index >= 15 is 0 Å². The van der Waals surface area contributed by atoms with E-state index in [1.54, 1.807) is 25.1 Å². The number of para-hydroxylation sites is 1. The summed E-state index contributed by atoms with van der Waals surface area (Å²) in [5, 5.41) is 30.2. The summed E-state index contributed by atoms with van der Waals surface area (Å²) in [5.74, 6) is -0.0928. The fourth-order valence-electron chi connectivity index (χ4n) is 2.24. The molecule has 1 aliphatic carbocycles. The first-order valence-corrected chi connectivity index (χ1v) is 7.57. The minimum atomic E-state index is -1.11. The van der Waals surface area contributed by atoms with Crippen LogP contribution in [0.3, 0.4) is 0 Å². The Morgan fingerprint density at radius 3 is 2.33 bits per heavy atom. The Hall–Kier alpha value is -1.05. The number of aliphatic hydroxyl groups is 3. The molecule has 1 aromatic carbocycles. The van der Waals surface area contributed by atoms with Crippen molar-refractivity contribution in [3.8, 4) is 5.75 Å². The van der Waals surface area contributed by atoms with E-state index < -0.39 is 24.2 Å². The summed E-state index contributed by atoms with van der Waals surface area (Å²) in [6.45, 7) is 3.53. The third kappa shape index (κ3) is 3.99. The maximum atomic E-state index is 10.1. The molecule has 0 unspecified atom stereocenters. The summed E-state index contributed by atoms with van der Waals surface area (Å²) < 4.78 is 5.05. The van der Waals surface area contributed by atoms with Crippen LogP contribution < -0.4 is 4.89 Å². The van der Waals surface area contributed by atoms with Crippen molar-refractivity contribution >= 4 is 12.0 Å². The van der Waals surface area contributed by atoms with E-state index in [0.29, 0.717) is 10.7 Å². The molecule has 0 spiro atoms. The molecule has 116 valence electrons. The zero-order valence-corrected chi connectivity index (χ0v) is 12.7. The molecule has 0 amide bonds. The number of hydrogen-bond donors (Lipinski definition) is 3. The Morgan fingerprint density at radius 1 is 1.00 bits per heavy atom. The van der Waals surface area contributed by atoms with Gasteiger partial charge >= 0.3 is 0 Å². The summed E-state index contributed by atoms with van der Waals surface area (Å²) in [5.41, 5.74) is 0. The van der Waals surface area contributed by atoms with Gasteiger partial charge in [-0.25, -0.2) is 0 Å². The molecule has 0 fully saturated rings. The summed E-state index contributed by atoms with van der Waals surface area (Å²) >= 11 is 0.843. The molecule has 1 aromatic rings. The van der Waals surface area contributed by atoms with Gasteiger partial charge in [0, 0.05) is 16.7 Å². The lowest BCUT2D eigenvalue weighted by molar-refractivity contribution is -0.0783. The molecule has 0 heterocycles. The van der Waals surface area contributed by atoms with Gasteiger partial charge in [-0.2, -0.15) is 0 Å². The summed E-state index contributed by atoms with van der Waals surface area (Å²) in [7, 11) is 0. The first-order chi connectivity index (χ1) is 10.0. The lowest BCUT2D eigenvalue weighted by atomic mass is 9.90. The van der Waals surface area contributed by atoms with E-state index in [2.05, 4.69) is 0 Å². The highest BCUT2D eigenvalue weighted by atomic mass is 32.2. The minimum Gasteiger partial charge on any atom is -0.392 e. The van der Waals surface area contributed by atoms with Crippen LogP contribution in [0.25, 0.3) is 0 Å². The van der Waals surface area contributed by atoms with Crippen LogP contribution in [0.5, 0.6) is 5.75 Å². The van der Waals surface area contributed by atoms with Crippen molar-refractivity contribution in [1.29, 1.82) is 0 Å². The van der Waals surface area contributed by atoms with Crippen LogP contribution in [0.4, 0.5) is 0 Å². The maximum absolute atomic E-state index is 10.1. The van der Waals surface area contributed by atoms with Crippen LogP contribution in [0.1, 0.15) is 13.8 Å².